The predicted octanol–water partition coefficient (Wildman–Crippen LogP) is -0.509. The van der Waals surface area contributed by atoms with Crippen molar-refractivity contribution in [3.63, 3.8) is 0 Å². The average molecular weight is 241 g/mol. The van der Waals surface area contributed by atoms with Crippen LogP contribution in [0.25, 0.3) is 0 Å². The molecule has 0 atom stereocenters. The first kappa shape index (κ1) is 13.2. The second kappa shape index (κ2) is 7.39. The number of aliphatic carboxylic acids is 1. The summed E-state index contributed by atoms with van der Waals surface area (Å²) in [4.78, 5) is 25.3. The molecule has 0 unspecified atom stereocenters. The molecule has 0 aliphatic heterocycles. The van der Waals surface area contributed by atoms with E-state index in [9.17, 15) is 9.59 Å². The highest BCUT2D eigenvalue weighted by atomic mass is 16.5. The zero-order valence-corrected chi connectivity index (χ0v) is 9.33. The maximum Gasteiger partial charge on any atom is 0.329 e. The van der Waals surface area contributed by atoms with Crippen molar-refractivity contribution in [1.82, 2.24) is 14.9 Å². The number of carbonyl (C=O) groups is 2. The fourth-order valence-corrected chi connectivity index (χ4v) is 1.16. The van der Waals surface area contributed by atoms with Crippen molar-refractivity contribution in [2.75, 3.05) is 19.8 Å². The van der Waals surface area contributed by atoms with Crippen LogP contribution < -0.4 is 5.32 Å². The first-order valence-corrected chi connectivity index (χ1v) is 5.20. The molecule has 1 heterocycles. The third kappa shape index (κ3) is 6.31. The van der Waals surface area contributed by atoms with E-state index >= 15 is 0 Å². The van der Waals surface area contributed by atoms with E-state index in [4.69, 9.17) is 9.84 Å². The number of ether oxygens (including phenoxy) is 1. The molecule has 1 amide bonds. The number of rotatable bonds is 8. The third-order valence-corrected chi connectivity index (χ3v) is 1.95. The largest absolute Gasteiger partial charge is 0.480 e. The van der Waals surface area contributed by atoms with E-state index < -0.39 is 5.97 Å². The van der Waals surface area contributed by atoms with E-state index in [1.807, 2.05) is 0 Å². The van der Waals surface area contributed by atoms with Gasteiger partial charge in [0.1, 0.15) is 6.61 Å². The Morgan fingerprint density at radius 1 is 1.47 bits per heavy atom. The maximum atomic E-state index is 11.3. The van der Waals surface area contributed by atoms with Gasteiger partial charge >= 0.3 is 5.97 Å². The van der Waals surface area contributed by atoms with Crippen molar-refractivity contribution in [3.8, 4) is 0 Å². The summed E-state index contributed by atoms with van der Waals surface area (Å²) in [5.74, 6) is -1.12. The first-order valence-electron chi connectivity index (χ1n) is 5.20. The molecule has 0 bridgehead atoms. The van der Waals surface area contributed by atoms with E-state index in [0.29, 0.717) is 19.5 Å². The summed E-state index contributed by atoms with van der Waals surface area (Å²) in [5.41, 5.74) is 0. The molecule has 0 spiro atoms. The molecule has 7 nitrogen and oxygen atoms in total. The first-order chi connectivity index (χ1) is 8.18. The molecule has 2 N–H and O–H groups in total. The lowest BCUT2D eigenvalue weighted by Gasteiger charge is -2.05. The summed E-state index contributed by atoms with van der Waals surface area (Å²) >= 11 is 0. The maximum absolute atomic E-state index is 11.3. The number of hydrogen-bond acceptors (Lipinski definition) is 4. The number of imidazole rings is 1. The monoisotopic (exact) mass is 241 g/mol. The molecular weight excluding hydrogens is 226 g/mol. The van der Waals surface area contributed by atoms with Crippen LogP contribution in [0, 0.1) is 0 Å². The zero-order chi connectivity index (χ0) is 12.5. The van der Waals surface area contributed by atoms with E-state index in [2.05, 4.69) is 10.3 Å². The quantitative estimate of drug-likeness (QED) is 0.598. The van der Waals surface area contributed by atoms with Crippen LogP contribution in [-0.4, -0.2) is 46.3 Å². The number of nitrogens with zero attached hydrogens (tertiary/aromatic N) is 2. The lowest BCUT2D eigenvalue weighted by Crippen LogP contribution is -2.28. The number of carboxylic acid groups (broad SMARTS) is 1. The molecule has 0 fully saturated rings. The highest BCUT2D eigenvalue weighted by molar-refractivity contribution is 5.75. The molecule has 0 saturated heterocycles. The van der Waals surface area contributed by atoms with Crippen molar-refractivity contribution in [1.29, 1.82) is 0 Å². The topological polar surface area (TPSA) is 93.5 Å². The standard InChI is InChI=1S/C10H15N3O4/c14-9(1-4-13-5-2-11-8-13)12-3-6-17-7-10(15)16/h2,5,8H,1,3-4,6-7H2,(H,12,14)(H,15,16). The average Bonchev–Trinajstić information content (AvgIpc) is 2.78. The molecule has 1 aromatic heterocycles. The smallest absolute Gasteiger partial charge is 0.329 e. The number of nitrogens with one attached hydrogen (secondary N) is 1. The number of aryl methyl sites for hydroxylation is 1. The number of aromatic nitrogens is 2. The summed E-state index contributed by atoms with van der Waals surface area (Å²) in [7, 11) is 0. The second-order valence-corrected chi connectivity index (χ2v) is 3.35. The Bertz CT molecular complexity index is 350. The fraction of sp³-hybridized carbons (Fsp3) is 0.500. The lowest BCUT2D eigenvalue weighted by molar-refractivity contribution is -0.142. The van der Waals surface area contributed by atoms with Crippen LogP contribution in [0.15, 0.2) is 18.7 Å². The van der Waals surface area contributed by atoms with E-state index in [1.165, 1.54) is 0 Å². The van der Waals surface area contributed by atoms with Gasteiger partial charge in [0.2, 0.25) is 5.91 Å². The lowest BCUT2D eigenvalue weighted by atomic mass is 10.4. The predicted molar refractivity (Wildman–Crippen MR) is 58.3 cm³/mol. The molecule has 94 valence electrons. The number of hydrogen-bond donors (Lipinski definition) is 2. The number of carboxylic acids is 1. The van der Waals surface area contributed by atoms with Crippen molar-refractivity contribution >= 4 is 11.9 Å². The van der Waals surface area contributed by atoms with Gasteiger partial charge < -0.3 is 19.7 Å². The van der Waals surface area contributed by atoms with Gasteiger partial charge in [-0.15, -0.1) is 0 Å². The van der Waals surface area contributed by atoms with Crippen LogP contribution in [0.3, 0.4) is 0 Å². The number of carbonyl (C=O) groups excluding carboxylic acids is 1. The summed E-state index contributed by atoms with van der Waals surface area (Å²) in [5, 5.41) is 10.9. The van der Waals surface area contributed by atoms with Crippen LogP contribution in [0.4, 0.5) is 0 Å². The summed E-state index contributed by atoms with van der Waals surface area (Å²) in [6.45, 7) is 0.742. The van der Waals surface area contributed by atoms with Crippen LogP contribution >= 0.6 is 0 Å². The summed E-state index contributed by atoms with van der Waals surface area (Å²) in [6.07, 6.45) is 5.43. The molecule has 1 aromatic rings. The molecule has 0 radical (unpaired) electrons. The van der Waals surface area contributed by atoms with E-state index in [-0.39, 0.29) is 19.1 Å². The van der Waals surface area contributed by atoms with Crippen molar-refractivity contribution in [2.45, 2.75) is 13.0 Å². The van der Waals surface area contributed by atoms with Crippen molar-refractivity contribution < 1.29 is 19.4 Å². The number of amides is 1. The molecular formula is C10H15N3O4. The SMILES string of the molecule is O=C(O)COCCNC(=O)CCn1ccnc1. The molecule has 0 saturated carbocycles. The van der Waals surface area contributed by atoms with Gasteiger partial charge in [-0.3, -0.25) is 4.79 Å². The van der Waals surface area contributed by atoms with Gasteiger partial charge in [0.25, 0.3) is 0 Å². The molecule has 1 rings (SSSR count). The normalized spacial score (nSPS) is 10.1. The zero-order valence-electron chi connectivity index (χ0n) is 9.33. The molecule has 0 aliphatic rings. The van der Waals surface area contributed by atoms with Gasteiger partial charge in [-0.2, -0.15) is 0 Å². The van der Waals surface area contributed by atoms with Crippen LogP contribution in [0.1, 0.15) is 6.42 Å². The Morgan fingerprint density at radius 2 is 2.29 bits per heavy atom. The Hall–Kier alpha value is -1.89. The second-order valence-electron chi connectivity index (χ2n) is 3.35. The minimum Gasteiger partial charge on any atom is -0.480 e. The van der Waals surface area contributed by atoms with Crippen LogP contribution in [0.2, 0.25) is 0 Å². The van der Waals surface area contributed by atoms with Gasteiger partial charge in [0.05, 0.1) is 12.9 Å². The van der Waals surface area contributed by atoms with Gasteiger partial charge in [0, 0.05) is 31.9 Å². The van der Waals surface area contributed by atoms with E-state index in [0.717, 1.165) is 0 Å². The summed E-state index contributed by atoms with van der Waals surface area (Å²) < 4.78 is 6.57. The molecule has 0 aliphatic carbocycles. The van der Waals surface area contributed by atoms with Gasteiger partial charge in [-0.1, -0.05) is 0 Å². The fourth-order valence-electron chi connectivity index (χ4n) is 1.16. The van der Waals surface area contributed by atoms with Gasteiger partial charge in [0.15, 0.2) is 0 Å². The molecule has 17 heavy (non-hydrogen) atoms. The molecule has 7 heteroatoms. The summed E-state index contributed by atoms with van der Waals surface area (Å²) in [6, 6.07) is 0. The van der Waals surface area contributed by atoms with Crippen molar-refractivity contribution in [2.24, 2.45) is 0 Å². The Labute approximate surface area is 98.4 Å². The third-order valence-electron chi connectivity index (χ3n) is 1.95. The Balaban J connectivity index is 2.00. The van der Waals surface area contributed by atoms with Crippen molar-refractivity contribution in [3.05, 3.63) is 18.7 Å². The minimum absolute atomic E-state index is 0.0994. The Kier molecular flexibility index (Phi) is 5.73. The van der Waals surface area contributed by atoms with Gasteiger partial charge in [-0.25, -0.2) is 9.78 Å². The van der Waals surface area contributed by atoms with Gasteiger partial charge in [-0.05, 0) is 0 Å². The Morgan fingerprint density at radius 3 is 2.94 bits per heavy atom. The minimum atomic E-state index is -1.02. The highest BCUT2D eigenvalue weighted by Crippen LogP contribution is 1.90. The molecule has 0 aromatic carbocycles. The van der Waals surface area contributed by atoms with E-state index in [1.54, 1.807) is 23.3 Å². The van der Waals surface area contributed by atoms with Crippen LogP contribution in [0.5, 0.6) is 0 Å². The highest BCUT2D eigenvalue weighted by Gasteiger charge is 2.01. The van der Waals surface area contributed by atoms with Crippen LogP contribution in [-0.2, 0) is 20.9 Å².